The van der Waals surface area contributed by atoms with Crippen molar-refractivity contribution in [2.24, 2.45) is 0 Å². The number of pyridine rings is 1. The van der Waals surface area contributed by atoms with Gasteiger partial charge in [-0.2, -0.15) is 4.98 Å². The molecule has 0 amide bonds. The van der Waals surface area contributed by atoms with Crippen LogP contribution in [0.5, 0.6) is 5.75 Å². The maximum absolute atomic E-state index is 12.4. The lowest BCUT2D eigenvalue weighted by molar-refractivity contribution is -0.274. The molecule has 3 N–H and O–H groups in total. The molecule has 2 aromatic heterocycles. The van der Waals surface area contributed by atoms with E-state index in [0.717, 1.165) is 6.07 Å². The van der Waals surface area contributed by atoms with Crippen LogP contribution in [0.25, 0.3) is 11.3 Å². The number of ether oxygens (including phenoxy) is 1. The van der Waals surface area contributed by atoms with Crippen molar-refractivity contribution in [3.05, 3.63) is 54.9 Å². The van der Waals surface area contributed by atoms with Crippen LogP contribution >= 0.6 is 0 Å². The summed E-state index contributed by atoms with van der Waals surface area (Å²) in [4.78, 5) is 23.1. The predicted octanol–water partition coefficient (Wildman–Crippen LogP) is 3.68. The van der Waals surface area contributed by atoms with Gasteiger partial charge in [-0.05, 0) is 24.3 Å². The summed E-state index contributed by atoms with van der Waals surface area (Å²) in [6.45, 7) is -0.409. The molecule has 0 aliphatic heterocycles. The van der Waals surface area contributed by atoms with Crippen molar-refractivity contribution in [3.8, 4) is 17.0 Å². The maximum Gasteiger partial charge on any atom is 0.573 e. The lowest BCUT2D eigenvalue weighted by atomic mass is 10.2. The maximum atomic E-state index is 12.4. The summed E-state index contributed by atoms with van der Waals surface area (Å²) in [5.74, 6) is -1.22. The number of hydrogen-bond donors (Lipinski definition) is 3. The van der Waals surface area contributed by atoms with E-state index in [1.807, 2.05) is 0 Å². The molecule has 0 aliphatic rings. The van der Waals surface area contributed by atoms with Gasteiger partial charge in [0, 0.05) is 35.8 Å². The van der Waals surface area contributed by atoms with Gasteiger partial charge >= 0.3 is 12.3 Å². The van der Waals surface area contributed by atoms with Gasteiger partial charge in [0.15, 0.2) is 0 Å². The summed E-state index contributed by atoms with van der Waals surface area (Å²) in [6, 6.07) is 10.2. The van der Waals surface area contributed by atoms with Gasteiger partial charge in [-0.25, -0.2) is 4.98 Å². The quantitative estimate of drug-likeness (QED) is 0.546. The van der Waals surface area contributed by atoms with E-state index in [-0.39, 0.29) is 17.5 Å². The highest BCUT2D eigenvalue weighted by atomic mass is 19.4. The third-order valence-corrected chi connectivity index (χ3v) is 3.44. The Hall–Kier alpha value is -3.89. The number of nitrogens with zero attached hydrogens (tertiary/aromatic N) is 3. The second-order valence-electron chi connectivity index (χ2n) is 5.65. The molecule has 0 unspecified atom stereocenters. The number of hydrogen-bond acceptors (Lipinski definition) is 7. The second kappa shape index (κ2) is 8.42. The van der Waals surface area contributed by atoms with Crippen LogP contribution in [0.3, 0.4) is 0 Å². The lowest BCUT2D eigenvalue weighted by Crippen LogP contribution is -2.17. The largest absolute Gasteiger partial charge is 0.573 e. The molecule has 2 heterocycles. The van der Waals surface area contributed by atoms with Crippen molar-refractivity contribution in [2.75, 3.05) is 17.2 Å². The molecule has 0 atom stereocenters. The number of benzene rings is 1. The highest BCUT2D eigenvalue weighted by Gasteiger charge is 2.31. The van der Waals surface area contributed by atoms with Crippen LogP contribution in [0.2, 0.25) is 0 Å². The first-order chi connectivity index (χ1) is 13.8. The third kappa shape index (κ3) is 6.06. The van der Waals surface area contributed by atoms with E-state index in [9.17, 15) is 18.0 Å². The molecule has 0 saturated heterocycles. The first-order valence-corrected chi connectivity index (χ1v) is 8.16. The normalized spacial score (nSPS) is 11.0. The molecule has 0 radical (unpaired) electrons. The molecular weight excluding hydrogens is 391 g/mol. The summed E-state index contributed by atoms with van der Waals surface area (Å²) in [5, 5.41) is 14.3. The van der Waals surface area contributed by atoms with Gasteiger partial charge in [0.1, 0.15) is 18.1 Å². The molecule has 150 valence electrons. The fraction of sp³-hybridized carbons (Fsp3) is 0.111. The molecule has 0 bridgehead atoms. The molecule has 0 fully saturated rings. The minimum Gasteiger partial charge on any atom is -0.480 e. The number of halogens is 3. The molecule has 0 aliphatic carbocycles. The number of aliphatic carboxylic acids is 1. The number of carboxylic acid groups (broad SMARTS) is 1. The SMILES string of the molecule is O=C(O)CNc1nc(Nc2cccc(OC(F)(F)F)c2)cc(-c2ccncc2)n1. The van der Waals surface area contributed by atoms with Gasteiger partial charge in [0.05, 0.1) is 5.69 Å². The average Bonchev–Trinajstić information content (AvgIpc) is 2.66. The fourth-order valence-corrected chi connectivity index (χ4v) is 2.33. The monoisotopic (exact) mass is 405 g/mol. The molecule has 3 rings (SSSR count). The molecular formula is C18H14F3N5O3. The third-order valence-electron chi connectivity index (χ3n) is 3.44. The number of nitrogens with one attached hydrogen (secondary N) is 2. The first kappa shape index (κ1) is 19.9. The summed E-state index contributed by atoms with van der Waals surface area (Å²) >= 11 is 0. The fourth-order valence-electron chi connectivity index (χ4n) is 2.33. The van der Waals surface area contributed by atoms with Gasteiger partial charge in [0.25, 0.3) is 0 Å². The second-order valence-corrected chi connectivity index (χ2v) is 5.65. The molecule has 29 heavy (non-hydrogen) atoms. The van der Waals surface area contributed by atoms with Gasteiger partial charge in [0.2, 0.25) is 5.95 Å². The van der Waals surface area contributed by atoms with E-state index in [1.165, 1.54) is 18.2 Å². The van der Waals surface area contributed by atoms with Crippen LogP contribution in [0.1, 0.15) is 0 Å². The molecule has 0 saturated carbocycles. The standard InChI is InChI=1S/C18H14F3N5O3/c19-18(20,21)29-13-3-1-2-12(8-13)24-15-9-14(11-4-6-22-7-5-11)25-17(26-15)23-10-16(27)28/h1-9H,10H2,(H,27,28)(H2,23,24,25,26). The van der Waals surface area contributed by atoms with Crippen LogP contribution in [-0.4, -0.2) is 38.9 Å². The highest BCUT2D eigenvalue weighted by molar-refractivity contribution is 5.73. The van der Waals surface area contributed by atoms with E-state index in [2.05, 4.69) is 30.3 Å². The summed E-state index contributed by atoms with van der Waals surface area (Å²) in [7, 11) is 0. The van der Waals surface area contributed by atoms with Crippen molar-refractivity contribution in [1.29, 1.82) is 0 Å². The minimum absolute atomic E-state index is 0.0342. The smallest absolute Gasteiger partial charge is 0.480 e. The number of carboxylic acids is 1. The molecule has 8 nitrogen and oxygen atoms in total. The van der Waals surface area contributed by atoms with E-state index in [4.69, 9.17) is 5.11 Å². The number of alkyl halides is 3. The van der Waals surface area contributed by atoms with Crippen LogP contribution in [-0.2, 0) is 4.79 Å². The molecule has 11 heteroatoms. The zero-order valence-corrected chi connectivity index (χ0v) is 14.6. The van der Waals surface area contributed by atoms with Crippen molar-refractivity contribution in [1.82, 2.24) is 15.0 Å². The Kier molecular flexibility index (Phi) is 5.77. The van der Waals surface area contributed by atoms with E-state index >= 15 is 0 Å². The number of rotatable bonds is 7. The number of carbonyl (C=O) groups is 1. The zero-order chi connectivity index (χ0) is 20.9. The number of anilines is 3. The van der Waals surface area contributed by atoms with E-state index < -0.39 is 24.6 Å². The number of aromatic nitrogens is 3. The van der Waals surface area contributed by atoms with Crippen molar-refractivity contribution in [3.63, 3.8) is 0 Å². The summed E-state index contributed by atoms with van der Waals surface area (Å²) in [5.41, 5.74) is 1.44. The van der Waals surface area contributed by atoms with Crippen molar-refractivity contribution in [2.45, 2.75) is 6.36 Å². The van der Waals surface area contributed by atoms with E-state index in [0.29, 0.717) is 11.3 Å². The Labute approximate surface area is 162 Å². The Balaban J connectivity index is 1.90. The Morgan fingerprint density at radius 2 is 1.86 bits per heavy atom. The summed E-state index contributed by atoms with van der Waals surface area (Å²) < 4.78 is 41.2. The van der Waals surface area contributed by atoms with Gasteiger partial charge < -0.3 is 20.5 Å². The summed E-state index contributed by atoms with van der Waals surface area (Å²) in [6.07, 6.45) is -1.68. The van der Waals surface area contributed by atoms with Crippen LogP contribution in [0, 0.1) is 0 Å². The lowest BCUT2D eigenvalue weighted by Gasteiger charge is -2.13. The van der Waals surface area contributed by atoms with Gasteiger partial charge in [-0.15, -0.1) is 13.2 Å². The van der Waals surface area contributed by atoms with Crippen LogP contribution < -0.4 is 15.4 Å². The molecule has 1 aromatic carbocycles. The van der Waals surface area contributed by atoms with Crippen LogP contribution in [0.15, 0.2) is 54.9 Å². The van der Waals surface area contributed by atoms with E-state index in [1.54, 1.807) is 30.6 Å². The van der Waals surface area contributed by atoms with Gasteiger partial charge in [-0.1, -0.05) is 6.07 Å². The topological polar surface area (TPSA) is 109 Å². The van der Waals surface area contributed by atoms with Crippen LogP contribution in [0.4, 0.5) is 30.6 Å². The highest BCUT2D eigenvalue weighted by Crippen LogP contribution is 2.28. The Bertz CT molecular complexity index is 1000. The average molecular weight is 405 g/mol. The first-order valence-electron chi connectivity index (χ1n) is 8.16. The minimum atomic E-state index is -4.81. The Morgan fingerprint density at radius 3 is 2.55 bits per heavy atom. The molecule has 0 spiro atoms. The zero-order valence-electron chi connectivity index (χ0n) is 14.6. The van der Waals surface area contributed by atoms with Crippen molar-refractivity contribution < 1.29 is 27.8 Å². The Morgan fingerprint density at radius 1 is 1.10 bits per heavy atom. The molecule has 3 aromatic rings. The van der Waals surface area contributed by atoms with Gasteiger partial charge in [-0.3, -0.25) is 9.78 Å². The van der Waals surface area contributed by atoms with Crippen molar-refractivity contribution >= 4 is 23.4 Å². The predicted molar refractivity (Wildman–Crippen MR) is 97.8 cm³/mol.